The standard InChI is InChI=1S/C9H11NO3/c10-7(5-11)3-6-1-2-8(12)9(13)4-6/h1-2,4-5,7,12-13H,3,10H2. The molecule has 0 aromatic heterocycles. The third kappa shape index (κ3) is 2.45. The largest absolute Gasteiger partial charge is 0.504 e. The molecule has 0 spiro atoms. The third-order valence-electron chi connectivity index (χ3n) is 1.69. The van der Waals surface area contributed by atoms with Crippen molar-refractivity contribution in [2.75, 3.05) is 0 Å². The maximum absolute atomic E-state index is 10.2. The fourth-order valence-electron chi connectivity index (χ4n) is 1.02. The van der Waals surface area contributed by atoms with Gasteiger partial charge >= 0.3 is 0 Å². The zero-order valence-electron chi connectivity index (χ0n) is 6.97. The summed E-state index contributed by atoms with van der Waals surface area (Å²) in [6, 6.07) is 3.79. The molecule has 1 aromatic carbocycles. The summed E-state index contributed by atoms with van der Waals surface area (Å²) in [4.78, 5) is 10.2. The molecule has 4 heteroatoms. The Hall–Kier alpha value is -1.55. The van der Waals surface area contributed by atoms with Gasteiger partial charge in [-0.05, 0) is 24.1 Å². The molecule has 1 unspecified atom stereocenters. The fourth-order valence-corrected chi connectivity index (χ4v) is 1.02. The second kappa shape index (κ2) is 3.91. The number of phenolic OH excluding ortho intramolecular Hbond substituents is 2. The molecule has 1 atom stereocenters. The Balaban J connectivity index is 2.79. The summed E-state index contributed by atoms with van der Waals surface area (Å²) in [5, 5.41) is 18.1. The molecule has 0 aliphatic heterocycles. The van der Waals surface area contributed by atoms with Crippen molar-refractivity contribution in [1.29, 1.82) is 0 Å². The molecule has 0 bridgehead atoms. The molecule has 0 heterocycles. The van der Waals surface area contributed by atoms with Crippen molar-refractivity contribution in [1.82, 2.24) is 0 Å². The van der Waals surface area contributed by atoms with E-state index in [1.54, 1.807) is 6.07 Å². The second-order valence-electron chi connectivity index (χ2n) is 2.83. The van der Waals surface area contributed by atoms with Crippen LogP contribution in [-0.2, 0) is 11.2 Å². The number of hydrogen-bond donors (Lipinski definition) is 3. The van der Waals surface area contributed by atoms with Gasteiger partial charge in [0.1, 0.15) is 6.29 Å². The van der Waals surface area contributed by atoms with E-state index in [-0.39, 0.29) is 11.5 Å². The molecule has 4 N–H and O–H groups in total. The minimum Gasteiger partial charge on any atom is -0.504 e. The van der Waals surface area contributed by atoms with Crippen LogP contribution in [0.1, 0.15) is 5.56 Å². The lowest BCUT2D eigenvalue weighted by atomic mass is 10.1. The van der Waals surface area contributed by atoms with Crippen molar-refractivity contribution in [3.63, 3.8) is 0 Å². The highest BCUT2D eigenvalue weighted by Gasteiger charge is 2.04. The highest BCUT2D eigenvalue weighted by molar-refractivity contribution is 5.58. The first-order chi connectivity index (χ1) is 6.13. The Labute approximate surface area is 75.6 Å². The highest BCUT2D eigenvalue weighted by atomic mass is 16.3. The summed E-state index contributed by atoms with van der Waals surface area (Å²) in [6.45, 7) is 0. The number of benzene rings is 1. The van der Waals surface area contributed by atoms with E-state index >= 15 is 0 Å². The van der Waals surface area contributed by atoms with Crippen LogP contribution >= 0.6 is 0 Å². The van der Waals surface area contributed by atoms with E-state index in [2.05, 4.69) is 0 Å². The molecule has 4 nitrogen and oxygen atoms in total. The van der Waals surface area contributed by atoms with Crippen LogP contribution in [0.3, 0.4) is 0 Å². The molecule has 0 saturated carbocycles. The SMILES string of the molecule is NC(C=O)Cc1ccc(O)c(O)c1. The number of aromatic hydroxyl groups is 2. The summed E-state index contributed by atoms with van der Waals surface area (Å²) in [5.41, 5.74) is 6.10. The summed E-state index contributed by atoms with van der Waals surface area (Å²) < 4.78 is 0. The number of nitrogens with two attached hydrogens (primary N) is 1. The molecule has 1 rings (SSSR count). The number of phenols is 2. The van der Waals surface area contributed by atoms with Gasteiger partial charge in [-0.2, -0.15) is 0 Å². The Kier molecular flexibility index (Phi) is 2.87. The van der Waals surface area contributed by atoms with Crippen LogP contribution in [0.25, 0.3) is 0 Å². The zero-order valence-corrected chi connectivity index (χ0v) is 6.97. The van der Waals surface area contributed by atoms with Crippen molar-refractivity contribution in [3.05, 3.63) is 23.8 Å². The van der Waals surface area contributed by atoms with Crippen molar-refractivity contribution < 1.29 is 15.0 Å². The monoisotopic (exact) mass is 181 g/mol. The van der Waals surface area contributed by atoms with Crippen LogP contribution in [0.15, 0.2) is 18.2 Å². The van der Waals surface area contributed by atoms with Gasteiger partial charge in [0.05, 0.1) is 6.04 Å². The highest BCUT2D eigenvalue weighted by Crippen LogP contribution is 2.25. The topological polar surface area (TPSA) is 83.6 Å². The normalized spacial score (nSPS) is 12.4. The number of rotatable bonds is 3. The Bertz CT molecular complexity index is 312. The lowest BCUT2D eigenvalue weighted by Crippen LogP contribution is -2.23. The Morgan fingerprint density at radius 3 is 2.62 bits per heavy atom. The van der Waals surface area contributed by atoms with Gasteiger partial charge in [0, 0.05) is 0 Å². The first-order valence-corrected chi connectivity index (χ1v) is 3.85. The molecule has 0 aliphatic carbocycles. The van der Waals surface area contributed by atoms with Crippen LogP contribution in [0.4, 0.5) is 0 Å². The maximum Gasteiger partial charge on any atom is 0.157 e. The summed E-state index contributed by atoms with van der Waals surface area (Å²) in [7, 11) is 0. The van der Waals surface area contributed by atoms with E-state index in [9.17, 15) is 4.79 Å². The predicted molar refractivity (Wildman–Crippen MR) is 47.5 cm³/mol. The molecule has 0 radical (unpaired) electrons. The maximum atomic E-state index is 10.2. The quantitative estimate of drug-likeness (QED) is 0.458. The van der Waals surface area contributed by atoms with Gasteiger partial charge in [0.25, 0.3) is 0 Å². The summed E-state index contributed by atoms with van der Waals surface area (Å²) in [5.74, 6) is -0.376. The van der Waals surface area contributed by atoms with Crippen molar-refractivity contribution in [3.8, 4) is 11.5 Å². The molecule has 1 aromatic rings. The Morgan fingerprint density at radius 2 is 2.08 bits per heavy atom. The minimum absolute atomic E-state index is 0.177. The molecular formula is C9H11NO3. The van der Waals surface area contributed by atoms with Gasteiger partial charge < -0.3 is 20.7 Å². The first kappa shape index (κ1) is 9.54. The second-order valence-corrected chi connectivity index (χ2v) is 2.83. The van der Waals surface area contributed by atoms with Gasteiger partial charge in [-0.1, -0.05) is 6.07 Å². The molecule has 70 valence electrons. The predicted octanol–water partition coefficient (Wildman–Crippen LogP) is 0.166. The van der Waals surface area contributed by atoms with E-state index in [0.29, 0.717) is 12.7 Å². The van der Waals surface area contributed by atoms with Crippen LogP contribution in [0, 0.1) is 0 Å². The van der Waals surface area contributed by atoms with Gasteiger partial charge in [-0.3, -0.25) is 0 Å². The van der Waals surface area contributed by atoms with E-state index in [4.69, 9.17) is 15.9 Å². The average molecular weight is 181 g/mol. The van der Waals surface area contributed by atoms with Crippen LogP contribution in [-0.4, -0.2) is 22.5 Å². The van der Waals surface area contributed by atoms with E-state index in [1.165, 1.54) is 12.1 Å². The smallest absolute Gasteiger partial charge is 0.157 e. The minimum atomic E-state index is -0.566. The van der Waals surface area contributed by atoms with Gasteiger partial charge in [-0.15, -0.1) is 0 Å². The fraction of sp³-hybridized carbons (Fsp3) is 0.222. The average Bonchev–Trinajstić information content (AvgIpc) is 2.11. The number of carbonyl (C=O) groups excluding carboxylic acids is 1. The van der Waals surface area contributed by atoms with Crippen molar-refractivity contribution in [2.45, 2.75) is 12.5 Å². The van der Waals surface area contributed by atoms with Gasteiger partial charge in [0.15, 0.2) is 11.5 Å². The molecule has 0 amide bonds. The van der Waals surface area contributed by atoms with Gasteiger partial charge in [0.2, 0.25) is 0 Å². The molecule has 13 heavy (non-hydrogen) atoms. The summed E-state index contributed by atoms with van der Waals surface area (Å²) >= 11 is 0. The van der Waals surface area contributed by atoms with E-state index in [1.807, 2.05) is 0 Å². The number of carbonyl (C=O) groups is 1. The first-order valence-electron chi connectivity index (χ1n) is 3.85. The lowest BCUT2D eigenvalue weighted by Gasteiger charge is -2.05. The van der Waals surface area contributed by atoms with Crippen molar-refractivity contribution >= 4 is 6.29 Å². The third-order valence-corrected chi connectivity index (χ3v) is 1.69. The lowest BCUT2D eigenvalue weighted by molar-refractivity contribution is -0.108. The van der Waals surface area contributed by atoms with Crippen LogP contribution in [0.5, 0.6) is 11.5 Å². The van der Waals surface area contributed by atoms with Gasteiger partial charge in [-0.25, -0.2) is 0 Å². The number of aldehydes is 1. The Morgan fingerprint density at radius 1 is 1.38 bits per heavy atom. The molecule has 0 saturated heterocycles. The zero-order chi connectivity index (χ0) is 9.84. The van der Waals surface area contributed by atoms with E-state index < -0.39 is 6.04 Å². The molecule has 0 fully saturated rings. The summed E-state index contributed by atoms with van der Waals surface area (Å²) in [6.07, 6.45) is 1.00. The van der Waals surface area contributed by atoms with E-state index in [0.717, 1.165) is 5.56 Å². The van der Waals surface area contributed by atoms with Crippen LogP contribution < -0.4 is 5.73 Å². The number of hydrogen-bond acceptors (Lipinski definition) is 4. The molecular weight excluding hydrogens is 170 g/mol. The van der Waals surface area contributed by atoms with Crippen molar-refractivity contribution in [2.24, 2.45) is 5.73 Å². The van der Waals surface area contributed by atoms with Crippen LogP contribution in [0.2, 0.25) is 0 Å². The molecule has 0 aliphatic rings.